The number of hydrogen-bond acceptors (Lipinski definition) is 3. The van der Waals surface area contributed by atoms with Gasteiger partial charge >= 0.3 is 0 Å². The fraction of sp³-hybridized carbons (Fsp3) is 0.426. The van der Waals surface area contributed by atoms with E-state index < -0.39 is 0 Å². The first-order chi connectivity index (χ1) is 24.6. The van der Waals surface area contributed by atoms with E-state index in [1.165, 1.54) is 16.7 Å². The standard InChI is InChI=1S/C47H57N3/c1-3-39(36-48)20-14-18-30-46(44-26-10-6-11-27-44)34-33-41(38-50)22-16-19-31-47(45-28-12-7-13-29-45)35-32-40(37-49)21-15-17-23-42(4-2)43-24-8-5-9-25-43/h5-19,24-29,39-42,46-47H,3-4,20-23,30-35H2,1-2H3. The molecule has 0 spiro atoms. The van der Waals surface area contributed by atoms with E-state index in [2.05, 4.69) is 153 Å². The minimum absolute atomic E-state index is 0.00744. The van der Waals surface area contributed by atoms with Crippen LogP contribution in [0, 0.1) is 51.7 Å². The zero-order valence-electron chi connectivity index (χ0n) is 30.4. The van der Waals surface area contributed by atoms with Crippen LogP contribution in [-0.2, 0) is 0 Å². The van der Waals surface area contributed by atoms with Gasteiger partial charge in [-0.1, -0.05) is 141 Å². The summed E-state index contributed by atoms with van der Waals surface area (Å²) in [7, 11) is 0. The van der Waals surface area contributed by atoms with Crippen molar-refractivity contribution < 1.29 is 0 Å². The molecule has 0 bridgehead atoms. The Labute approximate surface area is 303 Å². The van der Waals surface area contributed by atoms with E-state index in [1.807, 2.05) is 6.07 Å². The fourth-order valence-electron chi connectivity index (χ4n) is 6.70. The van der Waals surface area contributed by atoms with Gasteiger partial charge in [-0.25, -0.2) is 0 Å². The lowest BCUT2D eigenvalue weighted by molar-refractivity contribution is 0.510. The highest BCUT2D eigenvalue weighted by Gasteiger charge is 2.16. The second-order valence-electron chi connectivity index (χ2n) is 13.6. The highest BCUT2D eigenvalue weighted by atomic mass is 14.3. The van der Waals surface area contributed by atoms with Crippen molar-refractivity contribution in [1.29, 1.82) is 15.8 Å². The van der Waals surface area contributed by atoms with E-state index in [4.69, 9.17) is 0 Å². The smallest absolute Gasteiger partial charge is 0.0659 e. The van der Waals surface area contributed by atoms with Crippen LogP contribution in [0.25, 0.3) is 0 Å². The maximum absolute atomic E-state index is 10.0. The minimum atomic E-state index is -0.0244. The second-order valence-corrected chi connectivity index (χ2v) is 13.6. The third-order valence-electron chi connectivity index (χ3n) is 10.1. The fourth-order valence-corrected chi connectivity index (χ4v) is 6.70. The largest absolute Gasteiger partial charge is 0.198 e. The Morgan fingerprint density at radius 1 is 0.400 bits per heavy atom. The average Bonchev–Trinajstić information content (AvgIpc) is 3.17. The highest BCUT2D eigenvalue weighted by Crippen LogP contribution is 2.31. The van der Waals surface area contributed by atoms with E-state index in [9.17, 15) is 15.8 Å². The quantitative estimate of drug-likeness (QED) is 0.0948. The van der Waals surface area contributed by atoms with Gasteiger partial charge in [0.25, 0.3) is 0 Å². The molecule has 3 rings (SSSR count). The van der Waals surface area contributed by atoms with Gasteiger partial charge in [0.1, 0.15) is 0 Å². The zero-order valence-corrected chi connectivity index (χ0v) is 30.4. The molecule has 0 radical (unpaired) electrons. The van der Waals surface area contributed by atoms with E-state index in [1.54, 1.807) is 0 Å². The normalized spacial score (nSPS) is 15.2. The molecule has 0 aliphatic heterocycles. The van der Waals surface area contributed by atoms with Crippen molar-refractivity contribution in [3.8, 4) is 18.2 Å². The molecule has 0 saturated carbocycles. The molecule has 6 unspecified atom stereocenters. The van der Waals surface area contributed by atoms with Crippen molar-refractivity contribution in [2.24, 2.45) is 17.8 Å². The maximum Gasteiger partial charge on any atom is 0.0659 e. The molecule has 0 heterocycles. The molecule has 6 atom stereocenters. The Morgan fingerprint density at radius 3 is 1.06 bits per heavy atom. The topological polar surface area (TPSA) is 71.4 Å². The monoisotopic (exact) mass is 663 g/mol. The van der Waals surface area contributed by atoms with Gasteiger partial charge in [0, 0.05) is 17.8 Å². The van der Waals surface area contributed by atoms with Crippen LogP contribution in [0.3, 0.4) is 0 Å². The lowest BCUT2D eigenvalue weighted by Crippen LogP contribution is -2.04. The summed E-state index contributed by atoms with van der Waals surface area (Å²) >= 11 is 0. The molecule has 0 N–H and O–H groups in total. The van der Waals surface area contributed by atoms with E-state index in [-0.39, 0.29) is 17.8 Å². The number of nitriles is 3. The summed E-state index contributed by atoms with van der Waals surface area (Å²) in [5.41, 5.74) is 4.01. The SMILES string of the molecule is CCC(C#N)CC=CCC(CCC(C#N)CC=CCC(CCC(C#N)CC=CCC(CC)c1ccccc1)c1ccccc1)c1ccccc1. The van der Waals surface area contributed by atoms with Crippen molar-refractivity contribution in [2.75, 3.05) is 0 Å². The van der Waals surface area contributed by atoms with Gasteiger partial charge in [0.05, 0.1) is 18.2 Å². The van der Waals surface area contributed by atoms with Crippen LogP contribution in [0.2, 0.25) is 0 Å². The van der Waals surface area contributed by atoms with E-state index in [0.717, 1.165) is 77.0 Å². The Morgan fingerprint density at radius 2 is 0.720 bits per heavy atom. The molecule has 3 aromatic rings. The van der Waals surface area contributed by atoms with Crippen molar-refractivity contribution in [2.45, 2.75) is 109 Å². The molecule has 50 heavy (non-hydrogen) atoms. The van der Waals surface area contributed by atoms with E-state index in [0.29, 0.717) is 17.8 Å². The van der Waals surface area contributed by atoms with Gasteiger partial charge in [0.2, 0.25) is 0 Å². The number of rotatable bonds is 23. The molecule has 260 valence electrons. The lowest BCUT2D eigenvalue weighted by Gasteiger charge is -2.18. The molecular weight excluding hydrogens is 607 g/mol. The number of nitrogens with zero attached hydrogens (tertiary/aromatic N) is 3. The molecule has 0 fully saturated rings. The van der Waals surface area contributed by atoms with Crippen LogP contribution in [-0.4, -0.2) is 0 Å². The van der Waals surface area contributed by atoms with Gasteiger partial charge in [-0.3, -0.25) is 0 Å². The molecule has 0 aromatic heterocycles. The van der Waals surface area contributed by atoms with Gasteiger partial charge < -0.3 is 0 Å². The molecule has 0 amide bonds. The van der Waals surface area contributed by atoms with Crippen molar-refractivity contribution in [3.63, 3.8) is 0 Å². The van der Waals surface area contributed by atoms with Crippen molar-refractivity contribution >= 4 is 0 Å². The number of benzene rings is 3. The van der Waals surface area contributed by atoms with Crippen LogP contribution < -0.4 is 0 Å². The van der Waals surface area contributed by atoms with Gasteiger partial charge in [-0.05, 0) is 111 Å². The summed E-state index contributed by atoms with van der Waals surface area (Å²) in [6.45, 7) is 4.30. The summed E-state index contributed by atoms with van der Waals surface area (Å²) in [5.74, 6) is 1.29. The average molecular weight is 664 g/mol. The first-order valence-corrected chi connectivity index (χ1v) is 18.9. The first-order valence-electron chi connectivity index (χ1n) is 18.9. The molecule has 0 aliphatic rings. The van der Waals surface area contributed by atoms with Crippen molar-refractivity contribution in [3.05, 3.63) is 144 Å². The molecule has 3 nitrogen and oxygen atoms in total. The Hall–Kier alpha value is -4.65. The van der Waals surface area contributed by atoms with Crippen LogP contribution in [0.15, 0.2) is 127 Å². The second kappa shape index (κ2) is 24.5. The van der Waals surface area contributed by atoms with Crippen LogP contribution in [0.1, 0.15) is 125 Å². The highest BCUT2D eigenvalue weighted by molar-refractivity contribution is 5.22. The predicted octanol–water partition coefficient (Wildman–Crippen LogP) is 13.1. The first kappa shape index (κ1) is 39.8. The summed E-state index contributed by atoms with van der Waals surface area (Å²) in [6.07, 6.45) is 24.1. The number of allylic oxidation sites excluding steroid dienone is 6. The van der Waals surface area contributed by atoms with Gasteiger partial charge in [-0.2, -0.15) is 15.8 Å². The third kappa shape index (κ3) is 14.9. The maximum atomic E-state index is 10.0. The third-order valence-corrected chi connectivity index (χ3v) is 10.1. The summed E-state index contributed by atoms with van der Waals surface area (Å²) in [4.78, 5) is 0. The van der Waals surface area contributed by atoms with E-state index >= 15 is 0 Å². The molecular formula is C47H57N3. The summed E-state index contributed by atoms with van der Waals surface area (Å²) < 4.78 is 0. The predicted molar refractivity (Wildman–Crippen MR) is 209 cm³/mol. The summed E-state index contributed by atoms with van der Waals surface area (Å²) in [5, 5.41) is 29.3. The molecule has 3 heteroatoms. The lowest BCUT2D eigenvalue weighted by atomic mass is 9.86. The van der Waals surface area contributed by atoms with Crippen LogP contribution >= 0.6 is 0 Å². The Balaban J connectivity index is 1.52. The van der Waals surface area contributed by atoms with Gasteiger partial charge in [0.15, 0.2) is 0 Å². The van der Waals surface area contributed by atoms with Gasteiger partial charge in [-0.15, -0.1) is 0 Å². The Bertz CT molecular complexity index is 1540. The Kier molecular flexibility index (Phi) is 19.5. The van der Waals surface area contributed by atoms with Crippen LogP contribution in [0.4, 0.5) is 0 Å². The number of hydrogen-bond donors (Lipinski definition) is 0. The molecule has 3 aromatic carbocycles. The molecule has 0 aliphatic carbocycles. The van der Waals surface area contributed by atoms with Crippen molar-refractivity contribution in [1.82, 2.24) is 0 Å². The molecule has 0 saturated heterocycles. The van der Waals surface area contributed by atoms with Crippen LogP contribution in [0.5, 0.6) is 0 Å². The summed E-state index contributed by atoms with van der Waals surface area (Å²) in [6, 6.07) is 39.5. The zero-order chi connectivity index (χ0) is 35.7. The minimum Gasteiger partial charge on any atom is -0.198 e.